The minimum absolute atomic E-state index is 0.0000402. The Morgan fingerprint density at radius 2 is 1.96 bits per heavy atom. The fraction of sp³-hybridized carbons (Fsp3) is 0.529. The van der Waals surface area contributed by atoms with E-state index in [0.717, 1.165) is 0 Å². The second kappa shape index (κ2) is 9.34. The van der Waals surface area contributed by atoms with Gasteiger partial charge in [-0.25, -0.2) is 4.39 Å². The van der Waals surface area contributed by atoms with Crippen LogP contribution in [0.4, 0.5) is 4.39 Å². The summed E-state index contributed by atoms with van der Waals surface area (Å²) in [6.07, 6.45) is 0.439. The highest BCUT2D eigenvalue weighted by molar-refractivity contribution is 5.81. The Morgan fingerprint density at radius 3 is 2.67 bits per heavy atom. The van der Waals surface area contributed by atoms with Gasteiger partial charge in [-0.3, -0.25) is 14.5 Å². The van der Waals surface area contributed by atoms with Crippen LogP contribution in [0.3, 0.4) is 0 Å². The largest absolute Gasteiger partial charge is 0.378 e. The van der Waals surface area contributed by atoms with Crippen LogP contribution < -0.4 is 5.32 Å². The summed E-state index contributed by atoms with van der Waals surface area (Å²) in [6, 6.07) is 6.51. The monoisotopic (exact) mass is 337 g/mol. The Morgan fingerprint density at radius 1 is 1.25 bits per heavy atom. The zero-order valence-electron chi connectivity index (χ0n) is 14.0. The number of amides is 2. The summed E-state index contributed by atoms with van der Waals surface area (Å²) in [4.78, 5) is 27.4. The van der Waals surface area contributed by atoms with E-state index in [0.29, 0.717) is 44.8 Å². The summed E-state index contributed by atoms with van der Waals surface area (Å²) in [5, 5.41) is 2.75. The SMILES string of the molecule is CN(CC(=O)NCCc1ccccc1F)CC(=O)N1CCOCC1. The van der Waals surface area contributed by atoms with E-state index in [4.69, 9.17) is 4.74 Å². The molecule has 1 aliphatic rings. The summed E-state index contributed by atoms with van der Waals surface area (Å²) in [6.45, 7) is 3.01. The molecule has 132 valence electrons. The van der Waals surface area contributed by atoms with Gasteiger partial charge in [-0.2, -0.15) is 0 Å². The van der Waals surface area contributed by atoms with E-state index >= 15 is 0 Å². The quantitative estimate of drug-likeness (QED) is 0.776. The number of morpholine rings is 1. The van der Waals surface area contributed by atoms with Crippen molar-refractivity contribution in [3.8, 4) is 0 Å². The van der Waals surface area contributed by atoms with Crippen LogP contribution in [0.25, 0.3) is 0 Å². The summed E-state index contributed by atoms with van der Waals surface area (Å²) in [5.41, 5.74) is 0.577. The molecule has 1 aliphatic heterocycles. The molecule has 0 atom stereocenters. The van der Waals surface area contributed by atoms with Crippen molar-refractivity contribution >= 4 is 11.8 Å². The Kier molecular flexibility index (Phi) is 7.14. The standard InChI is InChI=1S/C17H24FN3O3/c1-20(13-17(23)21-8-10-24-11-9-21)12-16(22)19-7-6-14-4-2-3-5-15(14)18/h2-5H,6-13H2,1H3,(H,19,22). The van der Waals surface area contributed by atoms with Crippen molar-refractivity contribution in [1.29, 1.82) is 0 Å². The zero-order chi connectivity index (χ0) is 17.4. The summed E-state index contributed by atoms with van der Waals surface area (Å²) >= 11 is 0. The van der Waals surface area contributed by atoms with Gasteiger partial charge >= 0.3 is 0 Å². The molecule has 2 amide bonds. The minimum atomic E-state index is -0.264. The summed E-state index contributed by atoms with van der Waals surface area (Å²) in [7, 11) is 1.73. The normalized spacial score (nSPS) is 14.7. The lowest BCUT2D eigenvalue weighted by molar-refractivity contribution is -0.136. The topological polar surface area (TPSA) is 61.9 Å². The van der Waals surface area contributed by atoms with Gasteiger partial charge in [0, 0.05) is 19.6 Å². The number of ether oxygens (including phenoxy) is 1. The fourth-order valence-corrected chi connectivity index (χ4v) is 2.54. The van der Waals surface area contributed by atoms with Gasteiger partial charge in [-0.15, -0.1) is 0 Å². The molecule has 1 aromatic rings. The van der Waals surface area contributed by atoms with Gasteiger partial charge in [0.2, 0.25) is 11.8 Å². The van der Waals surface area contributed by atoms with Crippen LogP contribution in [0.5, 0.6) is 0 Å². The molecule has 1 saturated heterocycles. The molecule has 0 spiro atoms. The van der Waals surface area contributed by atoms with Crippen LogP contribution in [-0.4, -0.2) is 74.6 Å². The zero-order valence-corrected chi connectivity index (χ0v) is 14.0. The number of nitrogens with one attached hydrogen (secondary N) is 1. The maximum atomic E-state index is 13.5. The molecule has 7 heteroatoms. The van der Waals surface area contributed by atoms with Crippen molar-refractivity contribution in [3.05, 3.63) is 35.6 Å². The number of carbonyl (C=O) groups excluding carboxylic acids is 2. The molecule has 0 aliphatic carbocycles. The highest BCUT2D eigenvalue weighted by Crippen LogP contribution is 2.06. The van der Waals surface area contributed by atoms with Crippen LogP contribution in [0.15, 0.2) is 24.3 Å². The highest BCUT2D eigenvalue weighted by Gasteiger charge is 2.19. The van der Waals surface area contributed by atoms with E-state index < -0.39 is 0 Å². The lowest BCUT2D eigenvalue weighted by Gasteiger charge is -2.28. The smallest absolute Gasteiger partial charge is 0.236 e. The van der Waals surface area contributed by atoms with Gasteiger partial charge < -0.3 is 15.0 Å². The minimum Gasteiger partial charge on any atom is -0.378 e. The molecule has 0 unspecified atom stereocenters. The average Bonchev–Trinajstić information content (AvgIpc) is 2.57. The Hall–Kier alpha value is -1.99. The van der Waals surface area contributed by atoms with Gasteiger partial charge in [0.25, 0.3) is 0 Å². The van der Waals surface area contributed by atoms with Crippen molar-refractivity contribution in [2.75, 3.05) is 53.0 Å². The van der Waals surface area contributed by atoms with E-state index in [1.807, 2.05) is 0 Å². The van der Waals surface area contributed by atoms with Crippen molar-refractivity contribution < 1.29 is 18.7 Å². The van der Waals surface area contributed by atoms with Gasteiger partial charge in [0.15, 0.2) is 0 Å². The second-order valence-electron chi connectivity index (χ2n) is 5.86. The number of nitrogens with zero attached hydrogens (tertiary/aromatic N) is 2. The summed E-state index contributed by atoms with van der Waals surface area (Å²) in [5.74, 6) is -0.441. The molecule has 0 radical (unpaired) electrons. The third kappa shape index (κ3) is 5.90. The van der Waals surface area contributed by atoms with Gasteiger partial charge in [-0.05, 0) is 25.1 Å². The maximum Gasteiger partial charge on any atom is 0.236 e. The Balaban J connectivity index is 1.66. The number of benzene rings is 1. The van der Waals surface area contributed by atoms with E-state index in [9.17, 15) is 14.0 Å². The molecular weight excluding hydrogens is 313 g/mol. The number of halogens is 1. The molecular formula is C17H24FN3O3. The van der Waals surface area contributed by atoms with Gasteiger partial charge in [-0.1, -0.05) is 18.2 Å². The second-order valence-corrected chi connectivity index (χ2v) is 5.86. The Bertz CT molecular complexity index is 562. The van der Waals surface area contributed by atoms with Gasteiger partial charge in [0.1, 0.15) is 5.82 Å². The molecule has 2 rings (SSSR count). The van der Waals surface area contributed by atoms with E-state index in [-0.39, 0.29) is 30.7 Å². The van der Waals surface area contributed by atoms with Crippen LogP contribution in [0.1, 0.15) is 5.56 Å². The van der Waals surface area contributed by atoms with E-state index in [1.165, 1.54) is 6.07 Å². The summed E-state index contributed by atoms with van der Waals surface area (Å²) < 4.78 is 18.7. The van der Waals surface area contributed by atoms with Gasteiger partial charge in [0.05, 0.1) is 26.3 Å². The third-order valence-electron chi connectivity index (χ3n) is 3.86. The molecule has 1 heterocycles. The van der Waals surface area contributed by atoms with Crippen LogP contribution in [0.2, 0.25) is 0 Å². The van der Waals surface area contributed by atoms with Crippen LogP contribution in [0, 0.1) is 5.82 Å². The molecule has 1 aromatic carbocycles. The number of hydrogen-bond acceptors (Lipinski definition) is 4. The predicted octanol–water partition coefficient (Wildman–Crippen LogP) is 0.275. The van der Waals surface area contributed by atoms with E-state index in [1.54, 1.807) is 35.0 Å². The lowest BCUT2D eigenvalue weighted by Crippen LogP contribution is -2.46. The van der Waals surface area contributed by atoms with Crippen molar-refractivity contribution in [2.45, 2.75) is 6.42 Å². The number of rotatable bonds is 7. The fourth-order valence-electron chi connectivity index (χ4n) is 2.54. The first-order valence-corrected chi connectivity index (χ1v) is 8.10. The average molecular weight is 337 g/mol. The highest BCUT2D eigenvalue weighted by atomic mass is 19.1. The van der Waals surface area contributed by atoms with Crippen LogP contribution in [-0.2, 0) is 20.7 Å². The van der Waals surface area contributed by atoms with Crippen molar-refractivity contribution in [1.82, 2.24) is 15.1 Å². The van der Waals surface area contributed by atoms with Crippen molar-refractivity contribution in [2.24, 2.45) is 0 Å². The molecule has 1 fully saturated rings. The predicted molar refractivity (Wildman–Crippen MR) is 88.0 cm³/mol. The van der Waals surface area contributed by atoms with E-state index in [2.05, 4.69) is 5.32 Å². The molecule has 24 heavy (non-hydrogen) atoms. The molecule has 0 aromatic heterocycles. The molecule has 1 N–H and O–H groups in total. The lowest BCUT2D eigenvalue weighted by atomic mass is 10.1. The molecule has 0 bridgehead atoms. The van der Waals surface area contributed by atoms with Crippen LogP contribution >= 0.6 is 0 Å². The molecule has 0 saturated carbocycles. The first kappa shape index (κ1) is 18.4. The number of likely N-dealkylation sites (N-methyl/N-ethyl adjacent to an activating group) is 1. The first-order chi connectivity index (χ1) is 11.6. The Labute approximate surface area is 141 Å². The number of carbonyl (C=O) groups is 2. The third-order valence-corrected chi connectivity index (χ3v) is 3.86. The first-order valence-electron chi connectivity index (χ1n) is 8.10. The maximum absolute atomic E-state index is 13.5. The number of hydrogen-bond donors (Lipinski definition) is 1. The molecule has 6 nitrogen and oxygen atoms in total. The van der Waals surface area contributed by atoms with Crippen molar-refractivity contribution in [3.63, 3.8) is 0 Å².